The second kappa shape index (κ2) is 10.7. The molecule has 0 bridgehead atoms. The maximum absolute atomic E-state index is 13.4. The number of aliphatic hydroxyl groups is 1. The van der Waals surface area contributed by atoms with Gasteiger partial charge in [0.2, 0.25) is 0 Å². The number of pyridine rings is 1. The van der Waals surface area contributed by atoms with Crippen LogP contribution in [0.1, 0.15) is 55.8 Å². The third-order valence-electron chi connectivity index (χ3n) is 7.13. The van der Waals surface area contributed by atoms with Gasteiger partial charge in [0.05, 0.1) is 17.7 Å². The molecule has 196 valence electrons. The number of piperidine rings is 1. The highest BCUT2D eigenvalue weighted by molar-refractivity contribution is 6.51. The summed E-state index contributed by atoms with van der Waals surface area (Å²) in [6, 6.07) is 15.8. The molecule has 2 aromatic carbocycles. The molecule has 1 N–H and O–H groups in total. The molecule has 1 amide bonds. The highest BCUT2D eigenvalue weighted by Crippen LogP contribution is 2.42. The van der Waals surface area contributed by atoms with Crippen LogP contribution in [0.25, 0.3) is 5.76 Å². The summed E-state index contributed by atoms with van der Waals surface area (Å²) in [5, 5.41) is 11.4. The Hall–Kier alpha value is -4.13. The molecule has 2 saturated heterocycles. The number of rotatable bonds is 6. The van der Waals surface area contributed by atoms with Gasteiger partial charge in [-0.2, -0.15) is 0 Å². The summed E-state index contributed by atoms with van der Waals surface area (Å²) in [5.41, 5.74) is 3.73. The van der Waals surface area contributed by atoms with E-state index in [9.17, 15) is 14.7 Å². The lowest BCUT2D eigenvalue weighted by molar-refractivity contribution is -0.132. The zero-order valence-electron chi connectivity index (χ0n) is 22.1. The fourth-order valence-electron chi connectivity index (χ4n) is 5.27. The van der Waals surface area contributed by atoms with Crippen molar-refractivity contribution in [2.24, 2.45) is 0 Å². The third kappa shape index (κ3) is 4.88. The van der Waals surface area contributed by atoms with Crippen molar-refractivity contribution in [1.82, 2.24) is 4.98 Å². The van der Waals surface area contributed by atoms with Crippen molar-refractivity contribution < 1.29 is 19.4 Å². The molecular formula is C31H33N3O4. The van der Waals surface area contributed by atoms with Gasteiger partial charge in [-0.3, -0.25) is 19.5 Å². The summed E-state index contributed by atoms with van der Waals surface area (Å²) in [6.07, 6.45) is 6.84. The van der Waals surface area contributed by atoms with Crippen LogP contribution in [0.4, 0.5) is 11.4 Å². The molecule has 1 aromatic heterocycles. The van der Waals surface area contributed by atoms with E-state index in [0.29, 0.717) is 22.6 Å². The largest absolute Gasteiger partial charge is 0.507 e. The Morgan fingerprint density at radius 1 is 0.947 bits per heavy atom. The van der Waals surface area contributed by atoms with E-state index in [4.69, 9.17) is 4.74 Å². The molecule has 5 rings (SSSR count). The number of amides is 1. The molecule has 7 heteroatoms. The lowest BCUT2D eigenvalue weighted by atomic mass is 9.95. The summed E-state index contributed by atoms with van der Waals surface area (Å²) >= 11 is 0. The highest BCUT2D eigenvalue weighted by atomic mass is 16.5. The number of ether oxygens (including phenoxy) is 1. The van der Waals surface area contributed by atoms with Gasteiger partial charge in [0.25, 0.3) is 11.7 Å². The quantitative estimate of drug-likeness (QED) is 0.256. The van der Waals surface area contributed by atoms with Crippen molar-refractivity contribution in [1.29, 1.82) is 0 Å². The first-order chi connectivity index (χ1) is 18.3. The topological polar surface area (TPSA) is 83.0 Å². The maximum atomic E-state index is 13.4. The molecule has 38 heavy (non-hydrogen) atoms. The molecule has 2 aliphatic heterocycles. The molecule has 1 unspecified atom stereocenters. The molecule has 1 atom stereocenters. The van der Waals surface area contributed by atoms with E-state index in [1.807, 2.05) is 45.0 Å². The Bertz CT molecular complexity index is 1360. The standard InChI is InChI=1S/C31H33N3O4/c1-20(2)38-26-12-7-23(19-21(26)3)29(35)27-28(22-13-15-32-16-14-22)34(31(37)30(27)36)25-10-8-24(9-11-25)33-17-5-4-6-18-33/h7-16,19-20,28,35H,4-6,17-18H2,1-3H3/b29-27-. The Morgan fingerprint density at radius 3 is 2.24 bits per heavy atom. The monoisotopic (exact) mass is 511 g/mol. The van der Waals surface area contributed by atoms with Gasteiger partial charge in [0.15, 0.2) is 0 Å². The summed E-state index contributed by atoms with van der Waals surface area (Å²) in [4.78, 5) is 34.8. The van der Waals surface area contributed by atoms with Gasteiger partial charge >= 0.3 is 0 Å². The zero-order valence-corrected chi connectivity index (χ0v) is 22.1. The minimum Gasteiger partial charge on any atom is -0.507 e. The molecule has 3 heterocycles. The van der Waals surface area contributed by atoms with Crippen LogP contribution in [0.15, 0.2) is 72.6 Å². The number of ketones is 1. The number of nitrogens with zero attached hydrogens (tertiary/aromatic N) is 3. The molecule has 2 aliphatic rings. The van der Waals surface area contributed by atoms with Crippen LogP contribution in [0, 0.1) is 6.92 Å². The molecular weight excluding hydrogens is 478 g/mol. The van der Waals surface area contributed by atoms with Crippen LogP contribution in [-0.2, 0) is 9.59 Å². The van der Waals surface area contributed by atoms with Crippen molar-refractivity contribution in [3.05, 3.63) is 89.3 Å². The predicted octanol–water partition coefficient (Wildman–Crippen LogP) is 5.79. The van der Waals surface area contributed by atoms with E-state index in [1.165, 1.54) is 24.2 Å². The zero-order chi connectivity index (χ0) is 26.8. The number of anilines is 2. The average Bonchev–Trinajstić information content (AvgIpc) is 3.20. The molecule has 0 radical (unpaired) electrons. The molecule has 7 nitrogen and oxygen atoms in total. The van der Waals surface area contributed by atoms with Crippen molar-refractivity contribution in [3.63, 3.8) is 0 Å². The average molecular weight is 512 g/mol. The van der Waals surface area contributed by atoms with Gasteiger partial charge in [-0.15, -0.1) is 0 Å². The lowest BCUT2D eigenvalue weighted by Gasteiger charge is -2.30. The Kier molecular flexibility index (Phi) is 7.18. The normalized spacial score (nSPS) is 19.3. The van der Waals surface area contributed by atoms with Gasteiger partial charge < -0.3 is 14.7 Å². The fourth-order valence-corrected chi connectivity index (χ4v) is 5.27. The third-order valence-corrected chi connectivity index (χ3v) is 7.13. The van der Waals surface area contributed by atoms with Crippen molar-refractivity contribution >= 4 is 28.8 Å². The van der Waals surface area contributed by atoms with Crippen LogP contribution in [-0.4, -0.2) is 41.0 Å². The van der Waals surface area contributed by atoms with Gasteiger partial charge in [0.1, 0.15) is 11.5 Å². The molecule has 2 fully saturated rings. The van der Waals surface area contributed by atoms with Gasteiger partial charge in [-0.1, -0.05) is 0 Å². The highest BCUT2D eigenvalue weighted by Gasteiger charge is 2.47. The van der Waals surface area contributed by atoms with Crippen molar-refractivity contribution in [3.8, 4) is 5.75 Å². The Morgan fingerprint density at radius 2 is 1.61 bits per heavy atom. The summed E-state index contributed by atoms with van der Waals surface area (Å²) < 4.78 is 5.82. The van der Waals surface area contributed by atoms with E-state index in [0.717, 1.165) is 24.3 Å². The second-order valence-corrected chi connectivity index (χ2v) is 10.2. The fraction of sp³-hybridized carbons (Fsp3) is 0.323. The van der Waals surface area contributed by atoms with Gasteiger partial charge in [-0.25, -0.2) is 0 Å². The number of hydrogen-bond donors (Lipinski definition) is 1. The summed E-state index contributed by atoms with van der Waals surface area (Å²) in [6.45, 7) is 7.81. The predicted molar refractivity (Wildman–Crippen MR) is 148 cm³/mol. The van der Waals surface area contributed by atoms with Crippen LogP contribution in [0.2, 0.25) is 0 Å². The molecule has 3 aromatic rings. The van der Waals surface area contributed by atoms with Crippen LogP contribution < -0.4 is 14.5 Å². The van der Waals surface area contributed by atoms with Crippen LogP contribution in [0.3, 0.4) is 0 Å². The number of aliphatic hydroxyl groups excluding tert-OH is 1. The minimum absolute atomic E-state index is 0.00598. The van der Waals surface area contributed by atoms with Crippen LogP contribution >= 0.6 is 0 Å². The molecule has 0 saturated carbocycles. The van der Waals surface area contributed by atoms with Crippen LogP contribution in [0.5, 0.6) is 5.75 Å². The first kappa shape index (κ1) is 25.5. The Labute approximate surface area is 223 Å². The number of aromatic nitrogens is 1. The SMILES string of the molecule is Cc1cc(/C(O)=C2/C(=O)C(=O)N(c3ccc(N4CCCCC4)cc3)C2c2ccncc2)ccc1OC(C)C. The van der Waals surface area contributed by atoms with Crippen molar-refractivity contribution in [2.75, 3.05) is 22.9 Å². The summed E-state index contributed by atoms with van der Waals surface area (Å²) in [5.74, 6) is -0.895. The van der Waals surface area contributed by atoms with Crippen molar-refractivity contribution in [2.45, 2.75) is 52.2 Å². The van der Waals surface area contributed by atoms with E-state index in [2.05, 4.69) is 9.88 Å². The number of aryl methyl sites for hydroxylation is 1. The van der Waals surface area contributed by atoms with E-state index in [-0.39, 0.29) is 17.4 Å². The number of carbonyl (C=O) groups excluding carboxylic acids is 2. The number of hydrogen-bond acceptors (Lipinski definition) is 6. The Balaban J connectivity index is 1.57. The number of carbonyl (C=O) groups is 2. The van der Waals surface area contributed by atoms with Gasteiger partial charge in [-0.05, 0) is 106 Å². The number of benzene rings is 2. The molecule has 0 aliphatic carbocycles. The minimum atomic E-state index is -0.786. The first-order valence-electron chi connectivity index (χ1n) is 13.2. The van der Waals surface area contributed by atoms with E-state index >= 15 is 0 Å². The second-order valence-electron chi connectivity index (χ2n) is 10.2. The number of Topliss-reactive ketones (excluding diaryl/α,β-unsaturated/α-hetero) is 1. The lowest BCUT2D eigenvalue weighted by Crippen LogP contribution is -2.30. The first-order valence-corrected chi connectivity index (χ1v) is 13.2. The van der Waals surface area contributed by atoms with E-state index in [1.54, 1.807) is 42.7 Å². The van der Waals surface area contributed by atoms with Gasteiger partial charge in [0, 0.05) is 42.4 Å². The summed E-state index contributed by atoms with van der Waals surface area (Å²) in [7, 11) is 0. The maximum Gasteiger partial charge on any atom is 0.300 e. The smallest absolute Gasteiger partial charge is 0.300 e. The van der Waals surface area contributed by atoms with E-state index < -0.39 is 17.7 Å². The molecule has 0 spiro atoms.